The summed E-state index contributed by atoms with van der Waals surface area (Å²) in [5, 5.41) is 0. The lowest BCUT2D eigenvalue weighted by atomic mass is 10.1. The Morgan fingerprint density at radius 2 is 1.88 bits per heavy atom. The molecular weight excluding hydrogens is 415 g/mol. The fourth-order valence-corrected chi connectivity index (χ4v) is 3.31. The van der Waals surface area contributed by atoms with E-state index in [-0.39, 0.29) is 30.8 Å². The average Bonchev–Trinajstić information content (AvgIpc) is 2.73. The topological polar surface area (TPSA) is 91.1 Å². The van der Waals surface area contributed by atoms with Crippen LogP contribution in [0.2, 0.25) is 0 Å². The minimum atomic E-state index is -1.45. The van der Waals surface area contributed by atoms with Crippen LogP contribution in [0.15, 0.2) is 48.5 Å². The van der Waals surface area contributed by atoms with Crippen LogP contribution in [0.5, 0.6) is 11.5 Å². The largest absolute Gasteiger partial charge is 0.489 e. The van der Waals surface area contributed by atoms with Crippen molar-refractivity contribution in [1.29, 1.82) is 0 Å². The van der Waals surface area contributed by atoms with Crippen molar-refractivity contribution < 1.29 is 28.2 Å². The summed E-state index contributed by atoms with van der Waals surface area (Å²) >= 11 is 0. The van der Waals surface area contributed by atoms with Crippen molar-refractivity contribution in [3.8, 4) is 11.5 Å². The van der Waals surface area contributed by atoms with Crippen molar-refractivity contribution in [2.45, 2.75) is 51.7 Å². The Morgan fingerprint density at radius 1 is 1.16 bits per heavy atom. The molecule has 0 spiro atoms. The van der Waals surface area contributed by atoms with Crippen molar-refractivity contribution >= 4 is 12.0 Å². The summed E-state index contributed by atoms with van der Waals surface area (Å²) in [5.74, 6) is -0.0620. The summed E-state index contributed by atoms with van der Waals surface area (Å²) in [5.41, 5.74) is 5.92. The lowest BCUT2D eigenvalue weighted by molar-refractivity contribution is -0.0106. The fourth-order valence-electron chi connectivity index (χ4n) is 3.31. The van der Waals surface area contributed by atoms with Crippen molar-refractivity contribution in [3.05, 3.63) is 59.7 Å². The molecule has 0 bridgehead atoms. The molecule has 1 aliphatic heterocycles. The van der Waals surface area contributed by atoms with Gasteiger partial charge in [-0.1, -0.05) is 30.3 Å². The number of nitrogens with zero attached hydrogens (tertiary/aromatic N) is 1. The monoisotopic (exact) mass is 444 g/mol. The molecule has 3 rings (SSSR count). The number of halogens is 1. The number of carbonyl (C=O) groups excluding carboxylic acids is 2. The maximum absolute atomic E-state index is 14.9. The van der Waals surface area contributed by atoms with Crippen molar-refractivity contribution in [3.63, 3.8) is 0 Å². The second-order valence-electron chi connectivity index (χ2n) is 8.68. The summed E-state index contributed by atoms with van der Waals surface area (Å²) in [6.07, 6.45) is -2.61. The summed E-state index contributed by atoms with van der Waals surface area (Å²) in [7, 11) is 0. The first kappa shape index (κ1) is 23.4. The van der Waals surface area contributed by atoms with E-state index in [0.717, 1.165) is 5.56 Å². The number of rotatable bonds is 6. The molecule has 2 N–H and O–H groups in total. The van der Waals surface area contributed by atoms with Crippen LogP contribution in [-0.4, -0.2) is 47.9 Å². The third-order valence-electron chi connectivity index (χ3n) is 4.88. The van der Waals surface area contributed by atoms with E-state index in [1.54, 1.807) is 26.8 Å². The van der Waals surface area contributed by atoms with Crippen molar-refractivity contribution in [1.82, 2.24) is 4.90 Å². The van der Waals surface area contributed by atoms with Crippen LogP contribution in [0.1, 0.15) is 43.1 Å². The SMILES string of the molecule is CC(C)(C)OC(=O)N1CC[C@@H](Oc2cc(OCc3ccccc3)ccc2C(N)=O)[C@@H](F)C1. The summed E-state index contributed by atoms with van der Waals surface area (Å²) in [6.45, 7) is 5.71. The number of benzene rings is 2. The molecule has 0 radical (unpaired) electrons. The van der Waals surface area contributed by atoms with Crippen molar-refractivity contribution in [2.75, 3.05) is 13.1 Å². The van der Waals surface area contributed by atoms with Gasteiger partial charge in [0.1, 0.15) is 29.8 Å². The molecule has 2 aromatic carbocycles. The van der Waals surface area contributed by atoms with Crippen molar-refractivity contribution in [2.24, 2.45) is 5.73 Å². The van der Waals surface area contributed by atoms with E-state index in [2.05, 4.69) is 0 Å². The molecule has 2 atom stereocenters. The highest BCUT2D eigenvalue weighted by Gasteiger charge is 2.35. The number of hydrogen-bond acceptors (Lipinski definition) is 5. The zero-order chi connectivity index (χ0) is 23.3. The molecule has 0 aromatic heterocycles. The van der Waals surface area contributed by atoms with E-state index in [0.29, 0.717) is 12.4 Å². The number of hydrogen-bond donors (Lipinski definition) is 1. The molecule has 1 saturated heterocycles. The molecule has 1 fully saturated rings. The maximum atomic E-state index is 14.9. The van der Waals surface area contributed by atoms with Crippen LogP contribution in [0.25, 0.3) is 0 Å². The molecule has 32 heavy (non-hydrogen) atoms. The number of alkyl halides is 1. The maximum Gasteiger partial charge on any atom is 0.410 e. The molecule has 8 heteroatoms. The van der Waals surface area contributed by atoms with Gasteiger partial charge in [0, 0.05) is 19.0 Å². The van der Waals surface area contributed by atoms with Gasteiger partial charge in [0.25, 0.3) is 5.91 Å². The Labute approximate surface area is 187 Å². The normalized spacial score (nSPS) is 18.7. The van der Waals surface area contributed by atoms with Gasteiger partial charge < -0.3 is 24.8 Å². The number of likely N-dealkylation sites (tertiary alicyclic amines) is 1. The molecule has 1 heterocycles. The molecule has 2 aromatic rings. The number of piperidine rings is 1. The number of amides is 2. The third-order valence-corrected chi connectivity index (χ3v) is 4.88. The summed E-state index contributed by atoms with van der Waals surface area (Å²) < 4.78 is 31.8. The fraction of sp³-hybridized carbons (Fsp3) is 0.417. The van der Waals surface area contributed by atoms with Crippen LogP contribution in [0, 0.1) is 0 Å². The highest BCUT2D eigenvalue weighted by atomic mass is 19.1. The van der Waals surface area contributed by atoms with Crippen LogP contribution in [-0.2, 0) is 11.3 Å². The number of carbonyl (C=O) groups is 2. The average molecular weight is 445 g/mol. The number of ether oxygens (including phenoxy) is 3. The highest BCUT2D eigenvalue weighted by Crippen LogP contribution is 2.29. The van der Waals surface area contributed by atoms with Gasteiger partial charge >= 0.3 is 6.09 Å². The van der Waals surface area contributed by atoms with Gasteiger partial charge in [0.15, 0.2) is 6.17 Å². The Morgan fingerprint density at radius 3 is 2.50 bits per heavy atom. The highest BCUT2D eigenvalue weighted by molar-refractivity contribution is 5.95. The van der Waals surface area contributed by atoms with Gasteiger partial charge in [0.2, 0.25) is 0 Å². The molecule has 7 nitrogen and oxygen atoms in total. The van der Waals surface area contributed by atoms with Gasteiger partial charge in [-0.15, -0.1) is 0 Å². The number of primary amides is 1. The molecule has 1 aliphatic rings. The quantitative estimate of drug-likeness (QED) is 0.725. The van der Waals surface area contributed by atoms with Gasteiger partial charge in [-0.05, 0) is 38.5 Å². The van der Waals surface area contributed by atoms with Crippen LogP contribution in [0.3, 0.4) is 0 Å². The smallest absolute Gasteiger partial charge is 0.410 e. The van der Waals surface area contributed by atoms with Gasteiger partial charge in [-0.25, -0.2) is 9.18 Å². The lowest BCUT2D eigenvalue weighted by Gasteiger charge is -2.35. The van der Waals surface area contributed by atoms with Gasteiger partial charge in [-0.3, -0.25) is 4.79 Å². The standard InChI is InChI=1S/C24H29FN2O5/c1-24(2,3)32-23(29)27-12-11-20(19(25)14-27)31-21-13-17(9-10-18(21)22(26)28)30-15-16-7-5-4-6-8-16/h4-10,13,19-20H,11-12,14-15H2,1-3H3,(H2,26,28)/t19-,20+/m0/s1. The first-order valence-corrected chi connectivity index (χ1v) is 10.5. The van der Waals surface area contributed by atoms with Gasteiger partial charge in [0.05, 0.1) is 12.1 Å². The molecule has 0 saturated carbocycles. The summed E-state index contributed by atoms with van der Waals surface area (Å²) in [6, 6.07) is 14.3. The molecular formula is C24H29FN2O5. The Kier molecular flexibility index (Phi) is 7.22. The van der Waals surface area contributed by atoms with E-state index in [1.807, 2.05) is 30.3 Å². The number of nitrogens with two attached hydrogens (primary N) is 1. The predicted molar refractivity (Wildman–Crippen MR) is 117 cm³/mol. The first-order chi connectivity index (χ1) is 15.1. The lowest BCUT2D eigenvalue weighted by Crippen LogP contribution is -2.50. The Hall–Kier alpha value is -3.29. The predicted octanol–water partition coefficient (Wildman–Crippen LogP) is 4.09. The minimum absolute atomic E-state index is 0.138. The van der Waals surface area contributed by atoms with Crippen LogP contribution < -0.4 is 15.2 Å². The van der Waals surface area contributed by atoms with E-state index in [9.17, 15) is 14.0 Å². The molecule has 2 amide bonds. The van der Waals surface area contributed by atoms with E-state index in [1.165, 1.54) is 17.0 Å². The Bertz CT molecular complexity index is 945. The van der Waals surface area contributed by atoms with Gasteiger partial charge in [-0.2, -0.15) is 0 Å². The van der Waals surface area contributed by atoms with Crippen LogP contribution >= 0.6 is 0 Å². The second kappa shape index (κ2) is 9.89. The zero-order valence-corrected chi connectivity index (χ0v) is 18.5. The molecule has 172 valence electrons. The van der Waals surface area contributed by atoms with Crippen LogP contribution in [0.4, 0.5) is 9.18 Å². The molecule has 0 aliphatic carbocycles. The van der Waals surface area contributed by atoms with E-state index < -0.39 is 29.9 Å². The van der Waals surface area contributed by atoms with E-state index in [4.69, 9.17) is 19.9 Å². The third kappa shape index (κ3) is 6.35. The van der Waals surface area contributed by atoms with E-state index >= 15 is 0 Å². The second-order valence-corrected chi connectivity index (χ2v) is 8.68. The zero-order valence-electron chi connectivity index (χ0n) is 18.5. The Balaban J connectivity index is 1.67. The summed E-state index contributed by atoms with van der Waals surface area (Å²) in [4.78, 5) is 25.4. The molecule has 0 unspecified atom stereocenters. The minimum Gasteiger partial charge on any atom is -0.489 e. The first-order valence-electron chi connectivity index (χ1n) is 10.5.